The molecule has 0 saturated heterocycles. The Bertz CT molecular complexity index is 641. The topological polar surface area (TPSA) is 48.1 Å². The molecule has 2 aromatic rings. The summed E-state index contributed by atoms with van der Waals surface area (Å²) in [6, 6.07) is 8.05. The molecule has 114 valence electrons. The molecule has 0 bridgehead atoms. The second-order valence-electron chi connectivity index (χ2n) is 6.86. The first-order valence-corrected chi connectivity index (χ1v) is 7.29. The normalized spacial score (nSPS) is 12.1. The van der Waals surface area contributed by atoms with Gasteiger partial charge in [-0.05, 0) is 44.6 Å². The molecule has 0 atom stereocenters. The van der Waals surface area contributed by atoms with E-state index in [1.165, 1.54) is 5.56 Å². The molecule has 0 fully saturated rings. The van der Waals surface area contributed by atoms with Crippen LogP contribution in [0, 0.1) is 12.3 Å². The van der Waals surface area contributed by atoms with Gasteiger partial charge in [-0.25, -0.2) is 0 Å². The minimum atomic E-state index is -0.0457. The third kappa shape index (κ3) is 4.08. The predicted octanol–water partition coefficient (Wildman–Crippen LogP) is 2.79. The molecule has 0 aliphatic heterocycles. The molecule has 0 saturated carbocycles. The van der Waals surface area contributed by atoms with Gasteiger partial charge in [-0.1, -0.05) is 25.5 Å². The van der Waals surface area contributed by atoms with Crippen LogP contribution >= 0.6 is 0 Å². The van der Waals surface area contributed by atoms with Gasteiger partial charge in [-0.15, -0.1) is 0 Å². The highest BCUT2D eigenvalue weighted by Gasteiger charge is 2.20. The van der Waals surface area contributed by atoms with Crippen LogP contribution in [-0.2, 0) is 0 Å². The number of nitrogens with zero attached hydrogens (tertiary/aromatic N) is 1. The van der Waals surface area contributed by atoms with E-state index in [0.717, 1.165) is 17.4 Å². The summed E-state index contributed by atoms with van der Waals surface area (Å²) in [5, 5.41) is 4.10. The second kappa shape index (κ2) is 5.90. The van der Waals surface area contributed by atoms with Crippen LogP contribution in [-0.4, -0.2) is 43.0 Å². The van der Waals surface area contributed by atoms with Crippen LogP contribution in [0.1, 0.15) is 29.9 Å². The molecule has 0 radical (unpaired) electrons. The Balaban J connectivity index is 2.05. The van der Waals surface area contributed by atoms with E-state index in [1.807, 2.05) is 32.3 Å². The lowest BCUT2D eigenvalue weighted by Crippen LogP contribution is -2.40. The van der Waals surface area contributed by atoms with Gasteiger partial charge in [-0.2, -0.15) is 0 Å². The fourth-order valence-corrected chi connectivity index (χ4v) is 2.70. The number of hydrogen-bond acceptors (Lipinski definition) is 2. The maximum Gasteiger partial charge on any atom is 0.267 e. The minimum absolute atomic E-state index is 0.0434. The van der Waals surface area contributed by atoms with E-state index in [9.17, 15) is 4.79 Å². The van der Waals surface area contributed by atoms with Crippen LogP contribution < -0.4 is 5.32 Å². The van der Waals surface area contributed by atoms with Crippen molar-refractivity contribution < 1.29 is 4.79 Å². The van der Waals surface area contributed by atoms with Crippen LogP contribution in [0.25, 0.3) is 10.9 Å². The molecule has 0 unspecified atom stereocenters. The van der Waals surface area contributed by atoms with Crippen LogP contribution in [0.15, 0.2) is 24.3 Å². The molecule has 21 heavy (non-hydrogen) atoms. The average Bonchev–Trinajstić information content (AvgIpc) is 2.77. The van der Waals surface area contributed by atoms with E-state index in [4.69, 9.17) is 0 Å². The number of aromatic amines is 1. The van der Waals surface area contributed by atoms with Gasteiger partial charge in [0.2, 0.25) is 0 Å². The zero-order chi connectivity index (χ0) is 15.6. The number of amides is 1. The number of carbonyl (C=O) groups is 1. The van der Waals surface area contributed by atoms with Crippen molar-refractivity contribution in [2.75, 3.05) is 27.2 Å². The van der Waals surface area contributed by atoms with E-state index < -0.39 is 0 Å². The van der Waals surface area contributed by atoms with Gasteiger partial charge in [0.05, 0.1) is 0 Å². The number of hydrogen-bond donors (Lipinski definition) is 2. The molecule has 2 N–H and O–H groups in total. The van der Waals surface area contributed by atoms with E-state index in [-0.39, 0.29) is 11.3 Å². The summed E-state index contributed by atoms with van der Waals surface area (Å²) in [7, 11) is 4.09. The maximum atomic E-state index is 12.3. The molecule has 4 heteroatoms. The van der Waals surface area contributed by atoms with Crippen molar-refractivity contribution in [3.63, 3.8) is 0 Å². The number of aromatic nitrogens is 1. The summed E-state index contributed by atoms with van der Waals surface area (Å²) in [4.78, 5) is 17.6. The van der Waals surface area contributed by atoms with Crippen molar-refractivity contribution in [2.24, 2.45) is 5.41 Å². The summed E-state index contributed by atoms with van der Waals surface area (Å²) in [5.74, 6) is -0.0457. The summed E-state index contributed by atoms with van der Waals surface area (Å²) in [5.41, 5.74) is 2.86. The molecule has 0 aliphatic carbocycles. The van der Waals surface area contributed by atoms with Crippen molar-refractivity contribution in [3.05, 3.63) is 35.5 Å². The Hall–Kier alpha value is -1.81. The zero-order valence-electron chi connectivity index (χ0n) is 13.6. The van der Waals surface area contributed by atoms with E-state index >= 15 is 0 Å². The number of benzene rings is 1. The summed E-state index contributed by atoms with van der Waals surface area (Å²) < 4.78 is 0. The lowest BCUT2D eigenvalue weighted by Gasteiger charge is -2.28. The van der Waals surface area contributed by atoms with Gasteiger partial charge < -0.3 is 15.2 Å². The van der Waals surface area contributed by atoms with Crippen LogP contribution in [0.3, 0.4) is 0 Å². The average molecular weight is 287 g/mol. The lowest BCUT2D eigenvalue weighted by atomic mass is 9.93. The second-order valence-corrected chi connectivity index (χ2v) is 6.86. The lowest BCUT2D eigenvalue weighted by molar-refractivity contribution is 0.0925. The molecule has 1 amide bonds. The molecule has 1 heterocycles. The Morgan fingerprint density at radius 3 is 2.67 bits per heavy atom. The van der Waals surface area contributed by atoms with Gasteiger partial charge in [0.15, 0.2) is 0 Å². The van der Waals surface area contributed by atoms with Crippen molar-refractivity contribution in [2.45, 2.75) is 20.8 Å². The van der Waals surface area contributed by atoms with Gasteiger partial charge >= 0.3 is 0 Å². The fourth-order valence-electron chi connectivity index (χ4n) is 2.70. The fraction of sp³-hybridized carbons (Fsp3) is 0.471. The van der Waals surface area contributed by atoms with Gasteiger partial charge in [0.25, 0.3) is 5.91 Å². The maximum absolute atomic E-state index is 12.3. The molecule has 1 aromatic carbocycles. The summed E-state index contributed by atoms with van der Waals surface area (Å²) in [6.45, 7) is 7.94. The predicted molar refractivity (Wildman–Crippen MR) is 87.7 cm³/mol. The first-order chi connectivity index (χ1) is 9.77. The summed E-state index contributed by atoms with van der Waals surface area (Å²) in [6.07, 6.45) is 0. The molecule has 0 aliphatic rings. The first kappa shape index (κ1) is 15.6. The highest BCUT2D eigenvalue weighted by atomic mass is 16.1. The van der Waals surface area contributed by atoms with Crippen molar-refractivity contribution in [1.82, 2.24) is 15.2 Å². The Morgan fingerprint density at radius 2 is 2.00 bits per heavy atom. The third-order valence-corrected chi connectivity index (χ3v) is 3.49. The standard InChI is InChI=1S/C17H25N3O/c1-12-6-7-14-13(8-12)9-15(19-14)16(21)18-10-17(2,3)11-20(4)5/h6-9,19H,10-11H2,1-5H3,(H,18,21). The van der Waals surface area contributed by atoms with E-state index in [2.05, 4.69) is 42.0 Å². The number of aryl methyl sites for hydroxylation is 1. The number of fused-ring (bicyclic) bond motifs is 1. The molecule has 4 nitrogen and oxygen atoms in total. The Labute approximate surface area is 126 Å². The largest absolute Gasteiger partial charge is 0.351 e. The van der Waals surface area contributed by atoms with E-state index in [1.54, 1.807) is 0 Å². The minimum Gasteiger partial charge on any atom is -0.351 e. The zero-order valence-corrected chi connectivity index (χ0v) is 13.6. The number of H-pyrrole nitrogens is 1. The third-order valence-electron chi connectivity index (χ3n) is 3.49. The van der Waals surface area contributed by atoms with Gasteiger partial charge in [0, 0.05) is 24.0 Å². The quantitative estimate of drug-likeness (QED) is 0.888. The SMILES string of the molecule is Cc1ccc2[nH]c(C(=O)NCC(C)(C)CN(C)C)cc2c1. The monoisotopic (exact) mass is 287 g/mol. The molecule has 1 aromatic heterocycles. The highest BCUT2D eigenvalue weighted by molar-refractivity contribution is 5.98. The Kier molecular flexibility index (Phi) is 4.37. The van der Waals surface area contributed by atoms with Gasteiger partial charge in [-0.3, -0.25) is 4.79 Å². The highest BCUT2D eigenvalue weighted by Crippen LogP contribution is 2.18. The summed E-state index contributed by atoms with van der Waals surface area (Å²) >= 11 is 0. The van der Waals surface area contributed by atoms with Crippen LogP contribution in [0.2, 0.25) is 0 Å². The smallest absolute Gasteiger partial charge is 0.267 e. The van der Waals surface area contributed by atoms with Crippen molar-refractivity contribution >= 4 is 16.8 Å². The number of rotatable bonds is 5. The molecule has 0 spiro atoms. The molecular formula is C17H25N3O. The van der Waals surface area contributed by atoms with Gasteiger partial charge in [0.1, 0.15) is 5.69 Å². The number of nitrogens with one attached hydrogen (secondary N) is 2. The van der Waals surface area contributed by atoms with Crippen LogP contribution in [0.5, 0.6) is 0 Å². The van der Waals surface area contributed by atoms with Crippen molar-refractivity contribution in [1.29, 1.82) is 0 Å². The van der Waals surface area contributed by atoms with E-state index in [0.29, 0.717) is 12.2 Å². The number of carbonyl (C=O) groups excluding carboxylic acids is 1. The Morgan fingerprint density at radius 1 is 1.29 bits per heavy atom. The van der Waals surface area contributed by atoms with Crippen LogP contribution in [0.4, 0.5) is 0 Å². The molecular weight excluding hydrogens is 262 g/mol. The first-order valence-electron chi connectivity index (χ1n) is 7.29. The molecule has 2 rings (SSSR count). The van der Waals surface area contributed by atoms with Crippen molar-refractivity contribution in [3.8, 4) is 0 Å².